The van der Waals surface area contributed by atoms with Crippen molar-refractivity contribution in [1.29, 1.82) is 0 Å². The van der Waals surface area contributed by atoms with Crippen LogP contribution < -0.4 is 5.32 Å². The SMILES string of the molecule is OCCC(O)C(O)C(O)(CO)NCC(O)CO. The Bertz CT molecular complexity index is 206. The summed E-state index contributed by atoms with van der Waals surface area (Å²) in [5.74, 6) is 0. The number of hydrogen-bond acceptors (Lipinski definition) is 8. The number of hydrogen-bond donors (Lipinski definition) is 8. The van der Waals surface area contributed by atoms with Crippen LogP contribution in [-0.2, 0) is 0 Å². The van der Waals surface area contributed by atoms with Gasteiger partial charge in [0.25, 0.3) is 0 Å². The van der Waals surface area contributed by atoms with Crippen molar-refractivity contribution in [2.45, 2.75) is 30.5 Å². The molecule has 0 rings (SSSR count). The number of aliphatic hydroxyl groups excluding tert-OH is 6. The molecule has 0 amide bonds. The normalized spacial score (nSPS) is 20.6. The molecular formula is C9H21NO7. The van der Waals surface area contributed by atoms with Crippen LogP contribution >= 0.6 is 0 Å². The van der Waals surface area contributed by atoms with Crippen molar-refractivity contribution < 1.29 is 35.7 Å². The van der Waals surface area contributed by atoms with Gasteiger partial charge in [-0.2, -0.15) is 0 Å². The number of rotatable bonds is 9. The molecule has 4 unspecified atom stereocenters. The average molecular weight is 255 g/mol. The lowest BCUT2D eigenvalue weighted by Gasteiger charge is -2.35. The van der Waals surface area contributed by atoms with E-state index < -0.39 is 37.3 Å². The first-order chi connectivity index (χ1) is 7.91. The van der Waals surface area contributed by atoms with Crippen LogP contribution in [0.3, 0.4) is 0 Å². The zero-order valence-electron chi connectivity index (χ0n) is 9.40. The second-order valence-electron chi connectivity index (χ2n) is 3.82. The minimum atomic E-state index is -2.22. The van der Waals surface area contributed by atoms with Crippen LogP contribution in [0.2, 0.25) is 0 Å². The first-order valence-electron chi connectivity index (χ1n) is 5.25. The van der Waals surface area contributed by atoms with E-state index in [2.05, 4.69) is 5.32 Å². The third kappa shape index (κ3) is 5.23. The lowest BCUT2D eigenvalue weighted by Crippen LogP contribution is -2.62. The molecule has 104 valence electrons. The topological polar surface area (TPSA) is 154 Å². The summed E-state index contributed by atoms with van der Waals surface area (Å²) >= 11 is 0. The Balaban J connectivity index is 4.42. The third-order valence-electron chi connectivity index (χ3n) is 2.37. The summed E-state index contributed by atoms with van der Waals surface area (Å²) in [6, 6.07) is 0. The Morgan fingerprint density at radius 3 is 2.06 bits per heavy atom. The van der Waals surface area contributed by atoms with E-state index in [9.17, 15) is 15.3 Å². The van der Waals surface area contributed by atoms with Gasteiger partial charge in [0, 0.05) is 13.2 Å². The molecule has 0 bridgehead atoms. The Labute approximate surface area is 98.8 Å². The maximum Gasteiger partial charge on any atom is 0.168 e. The lowest BCUT2D eigenvalue weighted by molar-refractivity contribution is -0.168. The van der Waals surface area contributed by atoms with Gasteiger partial charge in [-0.3, -0.25) is 5.32 Å². The van der Waals surface area contributed by atoms with Gasteiger partial charge in [0.05, 0.1) is 25.4 Å². The molecule has 0 aliphatic carbocycles. The van der Waals surface area contributed by atoms with Crippen LogP contribution in [0.25, 0.3) is 0 Å². The van der Waals surface area contributed by atoms with Gasteiger partial charge >= 0.3 is 0 Å². The van der Waals surface area contributed by atoms with E-state index in [0.717, 1.165) is 0 Å². The minimum Gasteiger partial charge on any atom is -0.396 e. The molecule has 17 heavy (non-hydrogen) atoms. The van der Waals surface area contributed by atoms with Crippen LogP contribution in [-0.4, -0.2) is 86.1 Å². The van der Waals surface area contributed by atoms with E-state index >= 15 is 0 Å². The van der Waals surface area contributed by atoms with Crippen LogP contribution in [0.15, 0.2) is 0 Å². The summed E-state index contributed by atoms with van der Waals surface area (Å²) in [6.45, 7) is -2.13. The first-order valence-corrected chi connectivity index (χ1v) is 5.25. The van der Waals surface area contributed by atoms with Crippen LogP contribution in [0.1, 0.15) is 6.42 Å². The van der Waals surface area contributed by atoms with Gasteiger partial charge in [0.2, 0.25) is 0 Å². The molecule has 0 aliphatic rings. The summed E-state index contributed by atoms with van der Waals surface area (Å²) in [7, 11) is 0. The van der Waals surface area contributed by atoms with E-state index in [0.29, 0.717) is 0 Å². The second-order valence-corrected chi connectivity index (χ2v) is 3.82. The highest BCUT2D eigenvalue weighted by molar-refractivity contribution is 4.88. The van der Waals surface area contributed by atoms with E-state index in [1.807, 2.05) is 0 Å². The molecule has 4 atom stereocenters. The van der Waals surface area contributed by atoms with Gasteiger partial charge in [0.1, 0.15) is 6.10 Å². The van der Waals surface area contributed by atoms with Crippen LogP contribution in [0.4, 0.5) is 0 Å². The zero-order chi connectivity index (χ0) is 13.5. The Morgan fingerprint density at radius 2 is 1.65 bits per heavy atom. The van der Waals surface area contributed by atoms with Crippen molar-refractivity contribution in [2.75, 3.05) is 26.4 Å². The largest absolute Gasteiger partial charge is 0.396 e. The maximum atomic E-state index is 9.78. The van der Waals surface area contributed by atoms with Gasteiger partial charge in [-0.25, -0.2) is 0 Å². The molecule has 0 saturated carbocycles. The van der Waals surface area contributed by atoms with Crippen LogP contribution in [0.5, 0.6) is 0 Å². The highest BCUT2D eigenvalue weighted by Crippen LogP contribution is 2.12. The smallest absolute Gasteiger partial charge is 0.168 e. The predicted molar refractivity (Wildman–Crippen MR) is 56.8 cm³/mol. The van der Waals surface area contributed by atoms with Gasteiger partial charge in [-0.1, -0.05) is 0 Å². The Hall–Kier alpha value is -0.320. The number of aliphatic hydroxyl groups is 7. The summed E-state index contributed by atoms with van der Waals surface area (Å²) in [5, 5.41) is 66.1. The van der Waals surface area contributed by atoms with E-state index in [-0.39, 0.29) is 19.6 Å². The Morgan fingerprint density at radius 1 is 1.06 bits per heavy atom. The van der Waals surface area contributed by atoms with Crippen molar-refractivity contribution in [3.8, 4) is 0 Å². The van der Waals surface area contributed by atoms with E-state index in [4.69, 9.17) is 20.4 Å². The molecule has 0 saturated heterocycles. The van der Waals surface area contributed by atoms with E-state index in [1.165, 1.54) is 0 Å². The van der Waals surface area contributed by atoms with Gasteiger partial charge in [-0.15, -0.1) is 0 Å². The summed E-state index contributed by atoms with van der Waals surface area (Å²) in [5.41, 5.74) is -2.22. The quantitative estimate of drug-likeness (QED) is 0.193. The zero-order valence-corrected chi connectivity index (χ0v) is 9.40. The fourth-order valence-corrected chi connectivity index (χ4v) is 1.22. The molecule has 0 aromatic rings. The summed E-state index contributed by atoms with van der Waals surface area (Å²) < 4.78 is 0. The van der Waals surface area contributed by atoms with Crippen molar-refractivity contribution in [3.05, 3.63) is 0 Å². The molecule has 0 heterocycles. The van der Waals surface area contributed by atoms with Gasteiger partial charge in [-0.05, 0) is 6.42 Å². The molecule has 8 nitrogen and oxygen atoms in total. The molecule has 0 aromatic carbocycles. The molecule has 0 aliphatic heterocycles. The fraction of sp³-hybridized carbons (Fsp3) is 1.00. The highest BCUT2D eigenvalue weighted by Gasteiger charge is 2.39. The monoisotopic (exact) mass is 255 g/mol. The highest BCUT2D eigenvalue weighted by atomic mass is 16.4. The van der Waals surface area contributed by atoms with Gasteiger partial charge in [0.15, 0.2) is 5.72 Å². The molecule has 8 heteroatoms. The van der Waals surface area contributed by atoms with Crippen molar-refractivity contribution in [2.24, 2.45) is 0 Å². The predicted octanol–water partition coefficient (Wildman–Crippen LogP) is -4.29. The fourth-order valence-electron chi connectivity index (χ4n) is 1.22. The van der Waals surface area contributed by atoms with Crippen molar-refractivity contribution in [1.82, 2.24) is 5.32 Å². The maximum absolute atomic E-state index is 9.78. The molecular weight excluding hydrogens is 234 g/mol. The van der Waals surface area contributed by atoms with Gasteiger partial charge < -0.3 is 35.7 Å². The van der Waals surface area contributed by atoms with E-state index in [1.54, 1.807) is 0 Å². The molecule has 0 spiro atoms. The molecule has 0 aromatic heterocycles. The third-order valence-corrected chi connectivity index (χ3v) is 2.37. The lowest BCUT2D eigenvalue weighted by atomic mass is 9.99. The minimum absolute atomic E-state index is 0.173. The molecule has 8 N–H and O–H groups in total. The molecule has 0 radical (unpaired) electrons. The number of nitrogens with one attached hydrogen (secondary N) is 1. The van der Waals surface area contributed by atoms with Crippen molar-refractivity contribution >= 4 is 0 Å². The first kappa shape index (κ1) is 16.7. The summed E-state index contributed by atoms with van der Waals surface area (Å²) in [4.78, 5) is 0. The standard InChI is InChI=1S/C9H21NO7/c11-2-1-7(15)8(16)9(17,5-13)10-3-6(14)4-12/h6-8,10-17H,1-5H2. The second kappa shape index (κ2) is 7.90. The average Bonchev–Trinajstić information content (AvgIpc) is 2.34. The summed E-state index contributed by atoms with van der Waals surface area (Å²) in [6.07, 6.45) is -4.52. The molecule has 0 fully saturated rings. The van der Waals surface area contributed by atoms with Crippen molar-refractivity contribution in [3.63, 3.8) is 0 Å². The Kier molecular flexibility index (Phi) is 7.75. The van der Waals surface area contributed by atoms with Crippen LogP contribution in [0, 0.1) is 0 Å².